The number of amides is 1. The van der Waals surface area contributed by atoms with E-state index >= 15 is 0 Å². The van der Waals surface area contributed by atoms with Crippen molar-refractivity contribution < 1.29 is 9.53 Å². The first kappa shape index (κ1) is 15.9. The van der Waals surface area contributed by atoms with Crippen LogP contribution in [0.5, 0.6) is 0 Å². The number of rotatable bonds is 2. The van der Waals surface area contributed by atoms with Crippen LogP contribution in [0, 0.1) is 5.92 Å². The second kappa shape index (κ2) is 6.50. The lowest BCUT2D eigenvalue weighted by Gasteiger charge is -2.38. The van der Waals surface area contributed by atoms with E-state index in [0.717, 1.165) is 19.4 Å². The molecule has 2 atom stereocenters. The molecule has 0 spiro atoms. The van der Waals surface area contributed by atoms with Crippen LogP contribution in [0.3, 0.4) is 0 Å². The minimum absolute atomic E-state index is 0.173. The standard InChI is InChI=1S/C18H27NO2/c1-14-10-11-16(12-15-8-6-5-7-9-15)13-19(14)17(20)21-18(2,3)4/h5-9,14,16H,10-13H2,1-4H3/t14-,16+/m1/s1. The first-order chi connectivity index (χ1) is 9.85. The molecule has 1 amide bonds. The molecule has 0 radical (unpaired) electrons. The summed E-state index contributed by atoms with van der Waals surface area (Å²) in [5.41, 5.74) is 0.921. The smallest absolute Gasteiger partial charge is 0.410 e. The summed E-state index contributed by atoms with van der Waals surface area (Å²) in [6.07, 6.45) is 3.09. The normalized spacial score (nSPS) is 23.0. The molecule has 116 valence electrons. The Bertz CT molecular complexity index is 464. The molecule has 1 aromatic rings. The minimum atomic E-state index is -0.427. The van der Waals surface area contributed by atoms with Gasteiger partial charge in [-0.3, -0.25) is 0 Å². The number of hydrogen-bond donors (Lipinski definition) is 0. The average Bonchev–Trinajstić information content (AvgIpc) is 2.40. The molecule has 1 aromatic carbocycles. The van der Waals surface area contributed by atoms with E-state index in [-0.39, 0.29) is 12.1 Å². The SMILES string of the molecule is C[C@@H]1CC[C@@H](Cc2ccccc2)CN1C(=O)OC(C)(C)C. The summed E-state index contributed by atoms with van der Waals surface area (Å²) < 4.78 is 5.53. The zero-order chi connectivity index (χ0) is 15.5. The van der Waals surface area contributed by atoms with E-state index in [1.54, 1.807) is 0 Å². The Hall–Kier alpha value is -1.51. The van der Waals surface area contributed by atoms with E-state index in [4.69, 9.17) is 4.74 Å². The van der Waals surface area contributed by atoms with Gasteiger partial charge in [-0.25, -0.2) is 4.79 Å². The van der Waals surface area contributed by atoms with Crippen molar-refractivity contribution in [3.63, 3.8) is 0 Å². The summed E-state index contributed by atoms with van der Waals surface area (Å²) in [5, 5.41) is 0. The largest absolute Gasteiger partial charge is 0.444 e. The van der Waals surface area contributed by atoms with Crippen LogP contribution in [-0.4, -0.2) is 29.2 Å². The third kappa shape index (κ3) is 4.76. The Balaban J connectivity index is 1.97. The minimum Gasteiger partial charge on any atom is -0.444 e. The average molecular weight is 289 g/mol. The Morgan fingerprint density at radius 1 is 1.24 bits per heavy atom. The highest BCUT2D eigenvalue weighted by Crippen LogP contribution is 2.26. The highest BCUT2D eigenvalue weighted by atomic mass is 16.6. The summed E-state index contributed by atoms with van der Waals surface area (Å²) in [6, 6.07) is 10.8. The summed E-state index contributed by atoms with van der Waals surface area (Å²) in [7, 11) is 0. The lowest BCUT2D eigenvalue weighted by atomic mass is 9.88. The maximum Gasteiger partial charge on any atom is 0.410 e. The monoisotopic (exact) mass is 289 g/mol. The van der Waals surface area contributed by atoms with Gasteiger partial charge in [0, 0.05) is 12.6 Å². The van der Waals surface area contributed by atoms with Crippen molar-refractivity contribution in [1.82, 2.24) is 4.90 Å². The van der Waals surface area contributed by atoms with Crippen molar-refractivity contribution in [2.24, 2.45) is 5.92 Å². The van der Waals surface area contributed by atoms with Gasteiger partial charge >= 0.3 is 6.09 Å². The summed E-state index contributed by atoms with van der Waals surface area (Å²) in [4.78, 5) is 14.2. The molecule has 3 nitrogen and oxygen atoms in total. The van der Waals surface area contributed by atoms with Crippen LogP contribution in [0.1, 0.15) is 46.1 Å². The van der Waals surface area contributed by atoms with E-state index in [1.807, 2.05) is 31.7 Å². The van der Waals surface area contributed by atoms with Gasteiger partial charge in [0.05, 0.1) is 0 Å². The molecule has 3 heteroatoms. The number of ether oxygens (including phenoxy) is 1. The quantitative estimate of drug-likeness (QED) is 0.814. The topological polar surface area (TPSA) is 29.5 Å². The van der Waals surface area contributed by atoms with E-state index in [9.17, 15) is 4.79 Å². The van der Waals surface area contributed by atoms with Crippen molar-refractivity contribution >= 4 is 6.09 Å². The van der Waals surface area contributed by atoms with Gasteiger partial charge in [0.25, 0.3) is 0 Å². The number of benzene rings is 1. The van der Waals surface area contributed by atoms with E-state index in [2.05, 4.69) is 31.2 Å². The Morgan fingerprint density at radius 2 is 1.90 bits per heavy atom. The number of carbonyl (C=O) groups excluding carboxylic acids is 1. The third-order valence-corrected chi connectivity index (χ3v) is 3.97. The molecule has 0 unspecified atom stereocenters. The number of nitrogens with zero attached hydrogens (tertiary/aromatic N) is 1. The molecule has 2 rings (SSSR count). The van der Waals surface area contributed by atoms with Crippen LogP contribution >= 0.6 is 0 Å². The van der Waals surface area contributed by atoms with Crippen LogP contribution in [0.25, 0.3) is 0 Å². The van der Waals surface area contributed by atoms with Gasteiger partial charge in [-0.05, 0) is 58.4 Å². The molecule has 1 fully saturated rings. The van der Waals surface area contributed by atoms with Crippen molar-refractivity contribution in [3.8, 4) is 0 Å². The number of piperidine rings is 1. The third-order valence-electron chi connectivity index (χ3n) is 3.97. The second-order valence-electron chi connectivity index (χ2n) is 7.11. The lowest BCUT2D eigenvalue weighted by molar-refractivity contribution is 0.00541. The number of likely N-dealkylation sites (tertiary alicyclic amines) is 1. The Labute approximate surface area is 128 Å². The molecule has 21 heavy (non-hydrogen) atoms. The van der Waals surface area contributed by atoms with Crippen LogP contribution in [0.2, 0.25) is 0 Å². The highest BCUT2D eigenvalue weighted by molar-refractivity contribution is 5.68. The molecule has 1 aliphatic rings. The first-order valence-electron chi connectivity index (χ1n) is 7.88. The van der Waals surface area contributed by atoms with Crippen molar-refractivity contribution in [2.75, 3.05) is 6.54 Å². The Morgan fingerprint density at radius 3 is 2.52 bits per heavy atom. The van der Waals surface area contributed by atoms with Gasteiger partial charge in [0.2, 0.25) is 0 Å². The van der Waals surface area contributed by atoms with Gasteiger partial charge in [0.15, 0.2) is 0 Å². The Kier molecular flexibility index (Phi) is 4.92. The number of carbonyl (C=O) groups is 1. The van der Waals surface area contributed by atoms with Crippen LogP contribution in [0.15, 0.2) is 30.3 Å². The van der Waals surface area contributed by atoms with E-state index in [1.165, 1.54) is 12.0 Å². The van der Waals surface area contributed by atoms with Gasteiger partial charge in [-0.2, -0.15) is 0 Å². The molecule has 0 bridgehead atoms. The highest BCUT2D eigenvalue weighted by Gasteiger charge is 2.31. The second-order valence-corrected chi connectivity index (χ2v) is 7.11. The molecule has 0 N–H and O–H groups in total. The zero-order valence-electron chi connectivity index (χ0n) is 13.6. The van der Waals surface area contributed by atoms with Gasteiger partial charge in [0.1, 0.15) is 5.60 Å². The molecular formula is C18H27NO2. The summed E-state index contributed by atoms with van der Waals surface area (Å²) in [6.45, 7) is 8.66. The van der Waals surface area contributed by atoms with Gasteiger partial charge in [-0.1, -0.05) is 30.3 Å². The summed E-state index contributed by atoms with van der Waals surface area (Å²) >= 11 is 0. The zero-order valence-corrected chi connectivity index (χ0v) is 13.6. The molecule has 0 aliphatic carbocycles. The van der Waals surface area contributed by atoms with E-state index < -0.39 is 5.60 Å². The predicted molar refractivity (Wildman–Crippen MR) is 85.3 cm³/mol. The van der Waals surface area contributed by atoms with Gasteiger partial charge < -0.3 is 9.64 Å². The predicted octanol–water partition coefficient (Wildman–Crippen LogP) is 4.26. The van der Waals surface area contributed by atoms with Crippen LogP contribution in [0.4, 0.5) is 4.79 Å². The molecule has 1 heterocycles. The molecule has 0 aromatic heterocycles. The van der Waals surface area contributed by atoms with E-state index in [0.29, 0.717) is 5.92 Å². The first-order valence-corrected chi connectivity index (χ1v) is 7.88. The fraction of sp³-hybridized carbons (Fsp3) is 0.611. The maximum absolute atomic E-state index is 12.3. The van der Waals surface area contributed by atoms with Crippen molar-refractivity contribution in [3.05, 3.63) is 35.9 Å². The fourth-order valence-corrected chi connectivity index (χ4v) is 2.87. The molecule has 0 saturated carbocycles. The molecular weight excluding hydrogens is 262 g/mol. The van der Waals surface area contributed by atoms with Crippen molar-refractivity contribution in [2.45, 2.75) is 58.6 Å². The molecule has 1 aliphatic heterocycles. The maximum atomic E-state index is 12.3. The van der Waals surface area contributed by atoms with Crippen molar-refractivity contribution in [1.29, 1.82) is 0 Å². The number of hydrogen-bond acceptors (Lipinski definition) is 2. The summed E-state index contributed by atoms with van der Waals surface area (Å²) in [5.74, 6) is 0.524. The van der Waals surface area contributed by atoms with Crippen LogP contribution < -0.4 is 0 Å². The molecule has 1 saturated heterocycles. The fourth-order valence-electron chi connectivity index (χ4n) is 2.87. The lowest BCUT2D eigenvalue weighted by Crippen LogP contribution is -2.48. The van der Waals surface area contributed by atoms with Crippen LogP contribution in [-0.2, 0) is 11.2 Å². The van der Waals surface area contributed by atoms with Gasteiger partial charge in [-0.15, -0.1) is 0 Å².